The third-order valence-corrected chi connectivity index (χ3v) is 1.72. The van der Waals surface area contributed by atoms with Gasteiger partial charge in [0.05, 0.1) is 0 Å². The third-order valence-electron chi connectivity index (χ3n) is 1.72. The van der Waals surface area contributed by atoms with Crippen LogP contribution < -0.4 is 5.32 Å². The van der Waals surface area contributed by atoms with Crippen LogP contribution in [0.4, 0.5) is 0 Å². The van der Waals surface area contributed by atoms with Crippen molar-refractivity contribution in [3.63, 3.8) is 0 Å². The van der Waals surface area contributed by atoms with Crippen LogP contribution >= 0.6 is 0 Å². The van der Waals surface area contributed by atoms with Crippen molar-refractivity contribution in [1.29, 1.82) is 0 Å². The van der Waals surface area contributed by atoms with Crippen molar-refractivity contribution in [3.05, 3.63) is 41.5 Å². The van der Waals surface area contributed by atoms with Crippen molar-refractivity contribution in [2.75, 3.05) is 7.05 Å². The Bertz CT molecular complexity index is 246. The molecule has 0 radical (unpaired) electrons. The van der Waals surface area contributed by atoms with Gasteiger partial charge in [-0.1, -0.05) is 36.4 Å². The first-order chi connectivity index (χ1) is 5.86. The second-order valence-electron chi connectivity index (χ2n) is 2.77. The molecule has 1 N–H and O–H groups in total. The molecule has 0 saturated heterocycles. The van der Waals surface area contributed by atoms with Crippen LogP contribution in [0, 0.1) is 0 Å². The van der Waals surface area contributed by atoms with Gasteiger partial charge in [0.1, 0.15) is 0 Å². The summed E-state index contributed by atoms with van der Waals surface area (Å²) in [5.41, 5.74) is 2.59. The molecule has 12 heavy (non-hydrogen) atoms. The fourth-order valence-corrected chi connectivity index (χ4v) is 1.14. The van der Waals surface area contributed by atoms with Crippen LogP contribution in [0.1, 0.15) is 18.1 Å². The van der Waals surface area contributed by atoms with Gasteiger partial charge in [0.25, 0.3) is 0 Å². The van der Waals surface area contributed by atoms with Gasteiger partial charge >= 0.3 is 0 Å². The molecule has 1 nitrogen and oxygen atoms in total. The molecular weight excluding hydrogens is 146 g/mol. The van der Waals surface area contributed by atoms with E-state index in [2.05, 4.69) is 35.7 Å². The maximum atomic E-state index is 3.12. The first kappa shape index (κ1) is 9.01. The molecule has 0 aliphatic heterocycles. The summed E-state index contributed by atoms with van der Waals surface area (Å²) < 4.78 is 0. The smallest absolute Gasteiger partial charge is 0.0202 e. The summed E-state index contributed by atoms with van der Waals surface area (Å²) in [6.45, 7) is 2.97. The Labute approximate surface area is 74.1 Å². The summed E-state index contributed by atoms with van der Waals surface area (Å²) in [5, 5.41) is 3.12. The molecule has 0 unspecified atom stereocenters. The normalized spacial score (nSPS) is 10.8. The zero-order valence-corrected chi connectivity index (χ0v) is 7.67. The summed E-state index contributed by atoms with van der Waals surface area (Å²) in [4.78, 5) is 0. The van der Waals surface area contributed by atoms with Crippen LogP contribution in [-0.4, -0.2) is 7.05 Å². The van der Waals surface area contributed by atoms with Crippen molar-refractivity contribution < 1.29 is 0 Å². The third kappa shape index (κ3) is 2.51. The Morgan fingerprint density at radius 3 is 2.42 bits per heavy atom. The first-order valence-electron chi connectivity index (χ1n) is 4.23. The summed E-state index contributed by atoms with van der Waals surface area (Å²) >= 11 is 0. The summed E-state index contributed by atoms with van der Waals surface area (Å²) in [5.74, 6) is 0. The maximum Gasteiger partial charge on any atom is 0.0202 e. The monoisotopic (exact) mass is 161 g/mol. The molecule has 64 valence electrons. The lowest BCUT2D eigenvalue weighted by molar-refractivity contribution is 0.818. The van der Waals surface area contributed by atoms with Gasteiger partial charge in [-0.2, -0.15) is 0 Å². The predicted octanol–water partition coefficient (Wildman–Crippen LogP) is 2.44. The molecule has 0 fully saturated rings. The minimum atomic E-state index is 0.941. The van der Waals surface area contributed by atoms with E-state index in [1.807, 2.05) is 20.0 Å². The lowest BCUT2D eigenvalue weighted by Gasteiger charge is -1.99. The molecule has 0 atom stereocenters. The van der Waals surface area contributed by atoms with E-state index < -0.39 is 0 Å². The van der Waals surface area contributed by atoms with Crippen molar-refractivity contribution in [2.45, 2.75) is 13.5 Å². The van der Waals surface area contributed by atoms with E-state index in [1.54, 1.807) is 0 Å². The number of hydrogen-bond acceptors (Lipinski definition) is 1. The van der Waals surface area contributed by atoms with E-state index in [9.17, 15) is 0 Å². The fraction of sp³-hybridized carbons (Fsp3) is 0.273. The van der Waals surface area contributed by atoms with Crippen LogP contribution in [0.25, 0.3) is 6.08 Å². The first-order valence-corrected chi connectivity index (χ1v) is 4.23. The Balaban J connectivity index is 2.71. The van der Waals surface area contributed by atoms with Gasteiger partial charge in [0, 0.05) is 6.54 Å². The van der Waals surface area contributed by atoms with Gasteiger partial charge in [0.15, 0.2) is 0 Å². The van der Waals surface area contributed by atoms with Gasteiger partial charge in [-0.15, -0.1) is 0 Å². The molecule has 0 aliphatic rings. The van der Waals surface area contributed by atoms with Crippen LogP contribution in [0.5, 0.6) is 0 Å². The highest BCUT2D eigenvalue weighted by Gasteiger charge is 1.89. The molecule has 0 aromatic heterocycles. The number of rotatable bonds is 3. The zero-order valence-electron chi connectivity index (χ0n) is 7.67. The van der Waals surface area contributed by atoms with Crippen LogP contribution in [0.3, 0.4) is 0 Å². The molecule has 0 heterocycles. The number of benzene rings is 1. The largest absolute Gasteiger partial charge is 0.316 e. The average molecular weight is 161 g/mol. The van der Waals surface area contributed by atoms with Gasteiger partial charge in [-0.25, -0.2) is 0 Å². The maximum absolute atomic E-state index is 3.12. The standard InChI is InChI=1S/C11H15N/c1-3-4-10-5-7-11(8-6-10)9-12-2/h3-8,12H,9H2,1-2H3/b4-3+. The predicted molar refractivity (Wildman–Crippen MR) is 53.9 cm³/mol. The molecule has 1 heteroatoms. The molecular formula is C11H15N. The van der Waals surface area contributed by atoms with Crippen LogP contribution in [0.15, 0.2) is 30.3 Å². The van der Waals surface area contributed by atoms with Gasteiger partial charge in [-0.3, -0.25) is 0 Å². The lowest BCUT2D eigenvalue weighted by Crippen LogP contribution is -2.04. The Morgan fingerprint density at radius 2 is 1.92 bits per heavy atom. The van der Waals surface area contributed by atoms with Gasteiger partial charge in [0.2, 0.25) is 0 Å². The zero-order chi connectivity index (χ0) is 8.81. The Hall–Kier alpha value is -1.08. The molecule has 0 spiro atoms. The molecule has 1 aromatic rings. The number of allylic oxidation sites excluding steroid dienone is 1. The quantitative estimate of drug-likeness (QED) is 0.718. The van der Waals surface area contributed by atoms with Crippen LogP contribution in [-0.2, 0) is 6.54 Å². The fourth-order valence-electron chi connectivity index (χ4n) is 1.14. The van der Waals surface area contributed by atoms with E-state index in [0.717, 1.165) is 6.54 Å². The van der Waals surface area contributed by atoms with E-state index in [4.69, 9.17) is 0 Å². The molecule has 0 amide bonds. The number of nitrogens with one attached hydrogen (secondary N) is 1. The van der Waals surface area contributed by atoms with Gasteiger partial charge < -0.3 is 5.32 Å². The molecule has 1 aromatic carbocycles. The lowest BCUT2D eigenvalue weighted by atomic mass is 10.1. The highest BCUT2D eigenvalue weighted by atomic mass is 14.8. The van der Waals surface area contributed by atoms with E-state index in [1.165, 1.54) is 11.1 Å². The highest BCUT2D eigenvalue weighted by Crippen LogP contribution is 2.05. The van der Waals surface area contributed by atoms with Crippen molar-refractivity contribution in [3.8, 4) is 0 Å². The van der Waals surface area contributed by atoms with Crippen molar-refractivity contribution >= 4 is 6.08 Å². The highest BCUT2D eigenvalue weighted by molar-refractivity contribution is 5.49. The Morgan fingerprint density at radius 1 is 1.25 bits per heavy atom. The average Bonchev–Trinajstić information content (AvgIpc) is 2.09. The van der Waals surface area contributed by atoms with Crippen LogP contribution in [0.2, 0.25) is 0 Å². The minimum Gasteiger partial charge on any atom is -0.316 e. The van der Waals surface area contributed by atoms with E-state index in [0.29, 0.717) is 0 Å². The van der Waals surface area contributed by atoms with E-state index in [-0.39, 0.29) is 0 Å². The summed E-state index contributed by atoms with van der Waals surface area (Å²) in [7, 11) is 1.96. The topological polar surface area (TPSA) is 12.0 Å². The second-order valence-corrected chi connectivity index (χ2v) is 2.77. The van der Waals surface area contributed by atoms with Gasteiger partial charge in [-0.05, 0) is 25.1 Å². The minimum absolute atomic E-state index is 0.941. The van der Waals surface area contributed by atoms with E-state index >= 15 is 0 Å². The molecule has 1 rings (SSSR count). The molecule has 0 bridgehead atoms. The second kappa shape index (κ2) is 4.73. The summed E-state index contributed by atoms with van der Waals surface area (Å²) in [6.07, 6.45) is 4.15. The Kier molecular flexibility index (Phi) is 3.55. The summed E-state index contributed by atoms with van der Waals surface area (Å²) in [6, 6.07) is 8.55. The number of hydrogen-bond donors (Lipinski definition) is 1. The molecule has 0 aliphatic carbocycles. The van der Waals surface area contributed by atoms with Crippen molar-refractivity contribution in [2.24, 2.45) is 0 Å². The van der Waals surface area contributed by atoms with Crippen molar-refractivity contribution in [1.82, 2.24) is 5.32 Å². The molecule has 0 saturated carbocycles. The SMILES string of the molecule is C/C=C/c1ccc(CNC)cc1.